The highest BCUT2D eigenvalue weighted by Crippen LogP contribution is 2.47. The number of hydrogen-bond acceptors (Lipinski definition) is 6. The minimum Gasteiger partial charge on any atom is -0.508 e. The van der Waals surface area contributed by atoms with E-state index < -0.39 is 6.10 Å². The van der Waals surface area contributed by atoms with Crippen molar-refractivity contribution in [2.24, 2.45) is 0 Å². The topological polar surface area (TPSA) is 57.2 Å². The summed E-state index contributed by atoms with van der Waals surface area (Å²) >= 11 is 1.86. The highest BCUT2D eigenvalue weighted by Gasteiger charge is 2.48. The third-order valence-electron chi connectivity index (χ3n) is 9.51. The van der Waals surface area contributed by atoms with Crippen molar-refractivity contribution in [3.05, 3.63) is 209 Å². The lowest BCUT2D eigenvalue weighted by Crippen LogP contribution is -2.54. The molecule has 6 aromatic carbocycles. The lowest BCUT2D eigenvalue weighted by molar-refractivity contribution is -0.160. The monoisotopic (exact) mass is 722 g/mol. The molecule has 1 N–H and O–H groups in total. The van der Waals surface area contributed by atoms with E-state index in [2.05, 4.69) is 72.8 Å². The molecule has 1 aliphatic heterocycles. The average Bonchev–Trinajstić information content (AvgIpc) is 3.21. The van der Waals surface area contributed by atoms with E-state index in [0.29, 0.717) is 33.0 Å². The van der Waals surface area contributed by atoms with Crippen LogP contribution in [0.2, 0.25) is 0 Å². The van der Waals surface area contributed by atoms with Crippen molar-refractivity contribution in [3.63, 3.8) is 0 Å². The van der Waals surface area contributed by atoms with Crippen molar-refractivity contribution in [3.8, 4) is 5.75 Å². The predicted molar refractivity (Wildman–Crippen MR) is 213 cm³/mol. The van der Waals surface area contributed by atoms with Gasteiger partial charge in [0, 0.05) is 0 Å². The molecule has 0 spiro atoms. The maximum Gasteiger partial charge on any atom is 0.115 e. The molecule has 5 atom stereocenters. The number of hydrogen-bond donors (Lipinski definition) is 1. The van der Waals surface area contributed by atoms with Gasteiger partial charge < -0.3 is 24.1 Å². The third kappa shape index (κ3) is 10.5. The van der Waals surface area contributed by atoms with Crippen molar-refractivity contribution < 1.29 is 24.1 Å². The van der Waals surface area contributed by atoms with Crippen molar-refractivity contribution in [1.82, 2.24) is 0 Å². The van der Waals surface area contributed by atoms with Crippen LogP contribution < -0.4 is 0 Å². The molecule has 53 heavy (non-hydrogen) atoms. The summed E-state index contributed by atoms with van der Waals surface area (Å²) in [6, 6.07) is 57.5. The summed E-state index contributed by atoms with van der Waals surface area (Å²) in [6.45, 7) is 2.32. The van der Waals surface area contributed by atoms with E-state index in [4.69, 9.17) is 18.9 Å². The third-order valence-corrected chi connectivity index (χ3v) is 11.1. The zero-order valence-electron chi connectivity index (χ0n) is 29.8. The van der Waals surface area contributed by atoms with Gasteiger partial charge in [0.1, 0.15) is 24.1 Å². The Morgan fingerprint density at radius 1 is 0.434 bits per heavy atom. The standard InChI is InChI=1S/C47H46O5S/c48-42-26-24-35(25-27-42)28-40-22-13-23-41(29-40)47-46(52-33-39-20-11-4-12-21-39)45(51-32-38-18-9-3-10-19-38)44(50-31-37-16-7-2-8-17-37)43(53-47)34-49-30-36-14-5-1-6-15-36/h1-27,29,43-48H,28,30-34H2/t43-,44-,45+,46-,47+/m1/s1. The van der Waals surface area contributed by atoms with Crippen LogP contribution in [-0.2, 0) is 51.8 Å². The summed E-state index contributed by atoms with van der Waals surface area (Å²) in [7, 11) is 0. The molecule has 0 radical (unpaired) electrons. The van der Waals surface area contributed by atoms with E-state index in [1.54, 1.807) is 12.1 Å². The fourth-order valence-corrected chi connectivity index (χ4v) is 8.42. The molecule has 6 aromatic rings. The van der Waals surface area contributed by atoms with E-state index in [-0.39, 0.29) is 28.5 Å². The second-order valence-electron chi connectivity index (χ2n) is 13.5. The number of phenolic OH excluding ortho intramolecular Hbond substituents is 1. The maximum atomic E-state index is 9.87. The number of rotatable bonds is 16. The minimum atomic E-state index is -0.403. The normalized spacial score (nSPS) is 19.9. The van der Waals surface area contributed by atoms with Crippen LogP contribution in [0.4, 0.5) is 0 Å². The molecule has 5 nitrogen and oxygen atoms in total. The molecule has 1 heterocycles. The molecular weight excluding hydrogens is 677 g/mol. The molecule has 270 valence electrons. The molecular formula is C47H46O5S. The quantitative estimate of drug-likeness (QED) is 0.107. The van der Waals surface area contributed by atoms with E-state index in [9.17, 15) is 5.11 Å². The van der Waals surface area contributed by atoms with Crippen LogP contribution in [0.15, 0.2) is 170 Å². The molecule has 0 saturated carbocycles. The molecule has 0 bridgehead atoms. The Morgan fingerprint density at radius 3 is 1.45 bits per heavy atom. The summed E-state index contributed by atoms with van der Waals surface area (Å²) in [5, 5.41) is 9.75. The Kier molecular flexibility index (Phi) is 13.1. The first-order chi connectivity index (χ1) is 26.2. The van der Waals surface area contributed by atoms with Crippen LogP contribution in [0.5, 0.6) is 5.75 Å². The van der Waals surface area contributed by atoms with Gasteiger partial charge in [-0.15, -0.1) is 11.8 Å². The van der Waals surface area contributed by atoms with Crippen LogP contribution >= 0.6 is 11.8 Å². The summed E-state index contributed by atoms with van der Waals surface area (Å²) in [4.78, 5) is 0. The summed E-state index contributed by atoms with van der Waals surface area (Å²) < 4.78 is 27.5. The van der Waals surface area contributed by atoms with Gasteiger partial charge in [-0.1, -0.05) is 158 Å². The SMILES string of the molecule is Oc1ccc(Cc2cccc([C@@H]3S[C@H](COCc4ccccc4)[C@@H](OCc4ccccc4)[C@H](OCc4ccccc4)[C@H]3OCc3ccccc3)c2)cc1. The van der Waals surface area contributed by atoms with Crippen molar-refractivity contribution >= 4 is 11.8 Å². The highest BCUT2D eigenvalue weighted by atomic mass is 32.2. The van der Waals surface area contributed by atoms with E-state index in [0.717, 1.165) is 34.2 Å². The van der Waals surface area contributed by atoms with E-state index in [1.807, 2.05) is 96.7 Å². The van der Waals surface area contributed by atoms with Crippen LogP contribution in [-0.4, -0.2) is 35.3 Å². The van der Waals surface area contributed by atoms with Gasteiger partial charge in [0.2, 0.25) is 0 Å². The smallest absolute Gasteiger partial charge is 0.115 e. The van der Waals surface area contributed by atoms with Crippen LogP contribution in [0.25, 0.3) is 0 Å². The van der Waals surface area contributed by atoms with E-state index in [1.165, 1.54) is 11.1 Å². The highest BCUT2D eigenvalue weighted by molar-refractivity contribution is 8.00. The average molecular weight is 723 g/mol. The fraction of sp³-hybridized carbons (Fsp3) is 0.234. The Labute approximate surface area is 317 Å². The lowest BCUT2D eigenvalue weighted by atomic mass is 9.94. The van der Waals surface area contributed by atoms with Crippen LogP contribution in [0.1, 0.15) is 44.2 Å². The van der Waals surface area contributed by atoms with Crippen molar-refractivity contribution in [2.75, 3.05) is 6.61 Å². The Bertz CT molecular complexity index is 1940. The van der Waals surface area contributed by atoms with Crippen LogP contribution in [0.3, 0.4) is 0 Å². The molecule has 1 aliphatic rings. The Balaban J connectivity index is 1.24. The number of aromatic hydroxyl groups is 1. The summed E-state index contributed by atoms with van der Waals surface area (Å²) in [6.07, 6.45) is -0.308. The van der Waals surface area contributed by atoms with Gasteiger partial charge in [0.15, 0.2) is 0 Å². The Morgan fingerprint density at radius 2 is 0.906 bits per heavy atom. The number of ether oxygens (including phenoxy) is 4. The molecule has 0 amide bonds. The van der Waals surface area contributed by atoms with Gasteiger partial charge in [-0.3, -0.25) is 0 Å². The van der Waals surface area contributed by atoms with Gasteiger partial charge in [0.25, 0.3) is 0 Å². The molecule has 7 rings (SSSR count). The molecule has 1 fully saturated rings. The first kappa shape index (κ1) is 36.7. The largest absolute Gasteiger partial charge is 0.508 e. The first-order valence-electron chi connectivity index (χ1n) is 18.3. The van der Waals surface area contributed by atoms with Gasteiger partial charge >= 0.3 is 0 Å². The maximum absolute atomic E-state index is 9.87. The van der Waals surface area contributed by atoms with Crippen molar-refractivity contribution in [2.45, 2.75) is 61.7 Å². The number of thioether (sulfide) groups is 1. The predicted octanol–water partition coefficient (Wildman–Crippen LogP) is 10.1. The Hall–Kier alpha value is -4.69. The van der Waals surface area contributed by atoms with Gasteiger partial charge in [-0.2, -0.15) is 0 Å². The first-order valence-corrected chi connectivity index (χ1v) is 19.2. The lowest BCUT2D eigenvalue weighted by Gasteiger charge is -2.46. The zero-order valence-corrected chi connectivity index (χ0v) is 30.6. The van der Waals surface area contributed by atoms with Crippen molar-refractivity contribution in [1.29, 1.82) is 0 Å². The number of phenols is 1. The summed E-state index contributed by atoms with van der Waals surface area (Å²) in [5.74, 6) is 0.269. The molecule has 0 aliphatic carbocycles. The van der Waals surface area contributed by atoms with Crippen LogP contribution in [0, 0.1) is 0 Å². The summed E-state index contributed by atoms with van der Waals surface area (Å²) in [5.41, 5.74) is 7.94. The van der Waals surface area contributed by atoms with E-state index >= 15 is 0 Å². The van der Waals surface area contributed by atoms with Gasteiger partial charge in [-0.05, 0) is 57.5 Å². The molecule has 1 saturated heterocycles. The van der Waals surface area contributed by atoms with Gasteiger partial charge in [0.05, 0.1) is 43.5 Å². The second kappa shape index (κ2) is 18.9. The molecule has 6 heteroatoms. The molecule has 0 aromatic heterocycles. The number of benzene rings is 6. The second-order valence-corrected chi connectivity index (χ2v) is 14.9. The molecule has 0 unspecified atom stereocenters. The minimum absolute atomic E-state index is 0.0504. The fourth-order valence-electron chi connectivity index (χ4n) is 6.79. The van der Waals surface area contributed by atoms with Gasteiger partial charge in [-0.25, -0.2) is 0 Å². The zero-order chi connectivity index (χ0) is 36.1.